The molecule has 1 aromatic rings. The topological polar surface area (TPSA) is 35.5 Å². The number of aryl methyl sites for hydroxylation is 1. The van der Waals surface area contributed by atoms with Gasteiger partial charge in [0.25, 0.3) is 0 Å². The molecular weight excluding hydrogens is 266 g/mol. The zero-order chi connectivity index (χ0) is 13.5. The molecule has 3 nitrogen and oxygen atoms in total. The van der Waals surface area contributed by atoms with E-state index in [2.05, 4.69) is 4.74 Å². The number of ether oxygens (including phenoxy) is 2. The van der Waals surface area contributed by atoms with Crippen LogP contribution in [0.2, 0.25) is 5.02 Å². The van der Waals surface area contributed by atoms with Crippen LogP contribution in [0.1, 0.15) is 18.9 Å². The number of esters is 1. The molecule has 1 rings (SSSR count). The summed E-state index contributed by atoms with van der Waals surface area (Å²) in [7, 11) is 0. The minimum Gasteiger partial charge on any atom is -0.466 e. The Hall–Kier alpha value is -1.36. The smallest absolute Gasteiger partial charge is 0.387 e. The van der Waals surface area contributed by atoms with Crippen molar-refractivity contribution in [2.24, 2.45) is 0 Å². The molecule has 0 heterocycles. The van der Waals surface area contributed by atoms with Crippen molar-refractivity contribution in [1.29, 1.82) is 0 Å². The Kier molecular flexibility index (Phi) is 5.85. The second-order valence-corrected chi connectivity index (χ2v) is 3.86. The molecule has 0 aliphatic rings. The van der Waals surface area contributed by atoms with E-state index in [1.807, 2.05) is 0 Å². The predicted octanol–water partition coefficient (Wildman–Crippen LogP) is 3.44. The minimum atomic E-state index is -2.91. The lowest BCUT2D eigenvalue weighted by molar-refractivity contribution is -0.143. The molecule has 0 N–H and O–H groups in total. The maximum Gasteiger partial charge on any atom is 0.387 e. The fourth-order valence-corrected chi connectivity index (χ4v) is 1.62. The van der Waals surface area contributed by atoms with Crippen LogP contribution < -0.4 is 4.74 Å². The van der Waals surface area contributed by atoms with Gasteiger partial charge in [0, 0.05) is 6.42 Å². The Labute approximate surface area is 109 Å². The van der Waals surface area contributed by atoms with E-state index in [0.29, 0.717) is 13.0 Å². The maximum atomic E-state index is 12.0. The molecule has 0 unspecified atom stereocenters. The normalized spacial score (nSPS) is 10.5. The van der Waals surface area contributed by atoms with Gasteiger partial charge in [0.15, 0.2) is 0 Å². The van der Waals surface area contributed by atoms with Gasteiger partial charge in [-0.3, -0.25) is 4.79 Å². The Balaban J connectivity index is 2.58. The first-order valence-corrected chi connectivity index (χ1v) is 5.79. The summed E-state index contributed by atoms with van der Waals surface area (Å²) in [5.41, 5.74) is 0.759. The summed E-state index contributed by atoms with van der Waals surface area (Å²) in [5.74, 6) is -0.381. The summed E-state index contributed by atoms with van der Waals surface area (Å²) in [6.07, 6.45) is 0.659. The molecule has 0 bridgehead atoms. The molecule has 0 saturated heterocycles. The lowest BCUT2D eigenvalue weighted by Gasteiger charge is -2.08. The number of rotatable bonds is 6. The molecule has 0 saturated carbocycles. The van der Waals surface area contributed by atoms with Crippen molar-refractivity contribution in [3.05, 3.63) is 28.8 Å². The first kappa shape index (κ1) is 14.7. The summed E-state index contributed by atoms with van der Waals surface area (Å²) < 4.78 is 33.0. The Morgan fingerprint density at radius 1 is 1.44 bits per heavy atom. The van der Waals surface area contributed by atoms with Crippen LogP contribution in [0.3, 0.4) is 0 Å². The van der Waals surface area contributed by atoms with Gasteiger partial charge in [-0.25, -0.2) is 0 Å². The summed E-state index contributed by atoms with van der Waals surface area (Å²) in [5, 5.41) is 0.0941. The Bertz CT molecular complexity index is 410. The average molecular weight is 279 g/mol. The van der Waals surface area contributed by atoms with Gasteiger partial charge in [-0.15, -0.1) is 0 Å². The summed E-state index contributed by atoms with van der Waals surface area (Å²) in [6, 6.07) is 4.44. The molecule has 0 aliphatic carbocycles. The highest BCUT2D eigenvalue weighted by atomic mass is 35.5. The van der Waals surface area contributed by atoms with E-state index in [-0.39, 0.29) is 23.2 Å². The number of halogens is 3. The van der Waals surface area contributed by atoms with Crippen molar-refractivity contribution >= 4 is 17.6 Å². The van der Waals surface area contributed by atoms with Crippen molar-refractivity contribution in [2.45, 2.75) is 26.4 Å². The zero-order valence-corrected chi connectivity index (χ0v) is 10.5. The molecule has 18 heavy (non-hydrogen) atoms. The first-order valence-electron chi connectivity index (χ1n) is 5.41. The van der Waals surface area contributed by atoms with Gasteiger partial charge < -0.3 is 9.47 Å². The molecule has 1 aromatic carbocycles. The molecule has 100 valence electrons. The lowest BCUT2D eigenvalue weighted by Crippen LogP contribution is -2.05. The van der Waals surface area contributed by atoms with Gasteiger partial charge in [-0.2, -0.15) is 8.78 Å². The van der Waals surface area contributed by atoms with Gasteiger partial charge in [0.05, 0.1) is 11.6 Å². The summed E-state index contributed by atoms with van der Waals surface area (Å²) in [4.78, 5) is 11.1. The molecule has 0 amide bonds. The van der Waals surface area contributed by atoms with Crippen molar-refractivity contribution in [3.63, 3.8) is 0 Å². The summed E-state index contributed by atoms with van der Waals surface area (Å²) >= 11 is 5.78. The third-order valence-corrected chi connectivity index (χ3v) is 2.43. The van der Waals surface area contributed by atoms with Crippen LogP contribution in [-0.2, 0) is 16.0 Å². The fourth-order valence-electron chi connectivity index (χ4n) is 1.37. The number of carbonyl (C=O) groups is 1. The SMILES string of the molecule is CCOC(=O)CCc1ccc(OC(F)F)c(Cl)c1. The molecule has 0 aliphatic heterocycles. The molecule has 0 atom stereocenters. The van der Waals surface area contributed by atoms with Crippen LogP contribution in [0.15, 0.2) is 18.2 Å². The number of carbonyl (C=O) groups excluding carboxylic acids is 1. The third kappa shape index (κ3) is 4.87. The standard InChI is InChI=1S/C12H13ClF2O3/c1-2-17-11(16)6-4-8-3-5-10(9(13)7-8)18-12(14)15/h3,5,7,12H,2,4,6H2,1H3. The van der Waals surface area contributed by atoms with Gasteiger partial charge >= 0.3 is 12.6 Å². The Morgan fingerprint density at radius 3 is 2.72 bits per heavy atom. The van der Waals surface area contributed by atoms with E-state index in [1.54, 1.807) is 13.0 Å². The van der Waals surface area contributed by atoms with Crippen molar-refractivity contribution in [2.75, 3.05) is 6.61 Å². The van der Waals surface area contributed by atoms with Crippen molar-refractivity contribution < 1.29 is 23.0 Å². The van der Waals surface area contributed by atoms with Crippen LogP contribution in [0, 0.1) is 0 Å². The Morgan fingerprint density at radius 2 is 2.17 bits per heavy atom. The molecule has 0 aromatic heterocycles. The number of benzene rings is 1. The molecular formula is C12H13ClF2O3. The van der Waals surface area contributed by atoms with Gasteiger partial charge in [0.2, 0.25) is 0 Å². The van der Waals surface area contributed by atoms with Crippen LogP contribution in [-0.4, -0.2) is 19.2 Å². The first-order chi connectivity index (χ1) is 8.52. The molecule has 6 heteroatoms. The molecule has 0 fully saturated rings. The van der Waals surface area contributed by atoms with Gasteiger partial charge in [-0.05, 0) is 31.0 Å². The van der Waals surface area contributed by atoms with E-state index in [9.17, 15) is 13.6 Å². The van der Waals surface area contributed by atoms with Gasteiger partial charge in [-0.1, -0.05) is 17.7 Å². The van der Waals surface area contributed by atoms with E-state index in [0.717, 1.165) is 5.56 Å². The fraction of sp³-hybridized carbons (Fsp3) is 0.417. The highest BCUT2D eigenvalue weighted by Gasteiger charge is 2.10. The second-order valence-electron chi connectivity index (χ2n) is 3.45. The largest absolute Gasteiger partial charge is 0.466 e. The number of hydrogen-bond donors (Lipinski definition) is 0. The summed E-state index contributed by atoms with van der Waals surface area (Å²) in [6.45, 7) is -0.848. The monoisotopic (exact) mass is 278 g/mol. The number of alkyl halides is 2. The average Bonchev–Trinajstić information content (AvgIpc) is 2.29. The highest BCUT2D eigenvalue weighted by molar-refractivity contribution is 6.32. The maximum absolute atomic E-state index is 12.0. The van der Waals surface area contributed by atoms with Crippen molar-refractivity contribution in [1.82, 2.24) is 0 Å². The third-order valence-electron chi connectivity index (χ3n) is 2.14. The second kappa shape index (κ2) is 7.16. The number of hydrogen-bond acceptors (Lipinski definition) is 3. The van der Waals surface area contributed by atoms with E-state index in [4.69, 9.17) is 16.3 Å². The van der Waals surface area contributed by atoms with Gasteiger partial charge in [0.1, 0.15) is 5.75 Å². The zero-order valence-electron chi connectivity index (χ0n) is 9.79. The van der Waals surface area contributed by atoms with Crippen LogP contribution >= 0.6 is 11.6 Å². The highest BCUT2D eigenvalue weighted by Crippen LogP contribution is 2.27. The van der Waals surface area contributed by atoms with E-state index >= 15 is 0 Å². The predicted molar refractivity (Wildman–Crippen MR) is 63.0 cm³/mol. The van der Waals surface area contributed by atoms with Crippen LogP contribution in [0.4, 0.5) is 8.78 Å². The molecule has 0 spiro atoms. The van der Waals surface area contributed by atoms with E-state index < -0.39 is 6.61 Å². The van der Waals surface area contributed by atoms with Crippen LogP contribution in [0.5, 0.6) is 5.75 Å². The lowest BCUT2D eigenvalue weighted by atomic mass is 10.1. The molecule has 0 radical (unpaired) electrons. The quantitative estimate of drug-likeness (QED) is 0.748. The van der Waals surface area contributed by atoms with E-state index in [1.165, 1.54) is 12.1 Å². The minimum absolute atomic E-state index is 0.0773. The van der Waals surface area contributed by atoms with Crippen molar-refractivity contribution in [3.8, 4) is 5.75 Å². The van der Waals surface area contributed by atoms with Crippen LogP contribution in [0.25, 0.3) is 0 Å².